The van der Waals surface area contributed by atoms with Gasteiger partial charge in [0.25, 0.3) is 0 Å². The maximum absolute atomic E-state index is 12.8. The normalized spacial score (nSPS) is 22.7. The van der Waals surface area contributed by atoms with Crippen LogP contribution in [-0.4, -0.2) is 74.4 Å². The molecule has 1 aromatic rings. The second kappa shape index (κ2) is 8.93. The second-order valence-corrected chi connectivity index (χ2v) is 7.86. The summed E-state index contributed by atoms with van der Waals surface area (Å²) in [6.45, 7) is 6.87. The molecule has 1 saturated carbocycles. The SMILES string of the molecule is O=C(Nc1ccccc1N1CCOCC1)N1CCN(C2CCCCC2)CC1. The molecule has 0 atom stereocenters. The summed E-state index contributed by atoms with van der Waals surface area (Å²) in [5.41, 5.74) is 1.99. The van der Waals surface area contributed by atoms with Gasteiger partial charge in [0.05, 0.1) is 24.6 Å². The van der Waals surface area contributed by atoms with Crippen molar-refractivity contribution in [2.45, 2.75) is 38.1 Å². The monoisotopic (exact) mass is 372 g/mol. The molecule has 0 unspecified atom stereocenters. The molecule has 2 heterocycles. The fourth-order valence-electron chi connectivity index (χ4n) is 4.59. The highest BCUT2D eigenvalue weighted by molar-refractivity contribution is 5.93. The third-order valence-corrected chi connectivity index (χ3v) is 6.19. The number of amides is 2. The van der Waals surface area contributed by atoms with Crippen LogP contribution in [0.2, 0.25) is 0 Å². The highest BCUT2D eigenvalue weighted by atomic mass is 16.5. The number of rotatable bonds is 3. The molecule has 1 aliphatic carbocycles. The summed E-state index contributed by atoms with van der Waals surface area (Å²) < 4.78 is 5.46. The number of morpholine rings is 1. The number of benzene rings is 1. The molecule has 1 aromatic carbocycles. The van der Waals surface area contributed by atoms with Crippen LogP contribution in [0.3, 0.4) is 0 Å². The number of nitrogens with zero attached hydrogens (tertiary/aromatic N) is 3. The molecule has 0 aromatic heterocycles. The first-order valence-electron chi connectivity index (χ1n) is 10.5. The lowest BCUT2D eigenvalue weighted by atomic mass is 9.94. The van der Waals surface area contributed by atoms with Crippen LogP contribution in [0.1, 0.15) is 32.1 Å². The number of urea groups is 1. The molecule has 3 fully saturated rings. The van der Waals surface area contributed by atoms with E-state index in [1.165, 1.54) is 32.1 Å². The number of anilines is 2. The first-order chi connectivity index (χ1) is 13.3. The van der Waals surface area contributed by atoms with Gasteiger partial charge in [0.2, 0.25) is 0 Å². The molecule has 0 bridgehead atoms. The fraction of sp³-hybridized carbons (Fsp3) is 0.667. The van der Waals surface area contributed by atoms with Crippen molar-refractivity contribution in [2.24, 2.45) is 0 Å². The van der Waals surface area contributed by atoms with Crippen LogP contribution >= 0.6 is 0 Å². The zero-order chi connectivity index (χ0) is 18.5. The van der Waals surface area contributed by atoms with E-state index in [4.69, 9.17) is 4.74 Å². The van der Waals surface area contributed by atoms with E-state index < -0.39 is 0 Å². The number of carbonyl (C=O) groups excluding carboxylic acids is 1. The first kappa shape index (κ1) is 18.6. The Labute approximate surface area is 162 Å². The van der Waals surface area contributed by atoms with E-state index in [1.54, 1.807) is 0 Å². The Kier molecular flexibility index (Phi) is 6.14. The Hall–Kier alpha value is -1.79. The Morgan fingerprint density at radius 3 is 2.37 bits per heavy atom. The molecule has 27 heavy (non-hydrogen) atoms. The summed E-state index contributed by atoms with van der Waals surface area (Å²) in [4.78, 5) is 19.7. The summed E-state index contributed by atoms with van der Waals surface area (Å²) in [7, 11) is 0. The number of para-hydroxylation sites is 2. The van der Waals surface area contributed by atoms with E-state index in [1.807, 2.05) is 23.1 Å². The van der Waals surface area contributed by atoms with Crippen molar-refractivity contribution >= 4 is 17.4 Å². The predicted molar refractivity (Wildman–Crippen MR) is 109 cm³/mol. The molecular weight excluding hydrogens is 340 g/mol. The Balaban J connectivity index is 1.33. The Morgan fingerprint density at radius 2 is 1.63 bits per heavy atom. The van der Waals surface area contributed by atoms with Gasteiger partial charge >= 0.3 is 6.03 Å². The van der Waals surface area contributed by atoms with Crippen LogP contribution in [0.5, 0.6) is 0 Å². The van der Waals surface area contributed by atoms with Crippen molar-refractivity contribution in [3.8, 4) is 0 Å². The lowest BCUT2D eigenvalue weighted by molar-refractivity contribution is 0.0943. The van der Waals surface area contributed by atoms with Crippen LogP contribution in [0.4, 0.5) is 16.2 Å². The predicted octanol–water partition coefficient (Wildman–Crippen LogP) is 3.01. The van der Waals surface area contributed by atoms with Gasteiger partial charge in [0.1, 0.15) is 0 Å². The van der Waals surface area contributed by atoms with E-state index in [9.17, 15) is 4.79 Å². The van der Waals surface area contributed by atoms with Gasteiger partial charge in [0.15, 0.2) is 0 Å². The molecule has 6 heteroatoms. The highest BCUT2D eigenvalue weighted by Crippen LogP contribution is 2.27. The third kappa shape index (κ3) is 4.55. The van der Waals surface area contributed by atoms with Crippen molar-refractivity contribution in [3.05, 3.63) is 24.3 Å². The number of hydrogen-bond donors (Lipinski definition) is 1. The summed E-state index contributed by atoms with van der Waals surface area (Å²) in [5.74, 6) is 0. The largest absolute Gasteiger partial charge is 0.378 e. The van der Waals surface area contributed by atoms with Crippen LogP contribution in [0.15, 0.2) is 24.3 Å². The molecule has 0 spiro atoms. The minimum atomic E-state index is 0.0269. The van der Waals surface area contributed by atoms with Crippen molar-refractivity contribution in [1.29, 1.82) is 0 Å². The lowest BCUT2D eigenvalue weighted by Crippen LogP contribution is -2.53. The van der Waals surface area contributed by atoms with Gasteiger partial charge in [-0.25, -0.2) is 4.79 Å². The zero-order valence-electron chi connectivity index (χ0n) is 16.2. The smallest absolute Gasteiger partial charge is 0.321 e. The van der Waals surface area contributed by atoms with E-state index in [0.717, 1.165) is 69.9 Å². The molecule has 3 aliphatic rings. The molecule has 2 saturated heterocycles. The molecular formula is C21H32N4O2. The summed E-state index contributed by atoms with van der Waals surface area (Å²) in [6.07, 6.45) is 6.78. The topological polar surface area (TPSA) is 48.1 Å². The third-order valence-electron chi connectivity index (χ3n) is 6.19. The number of carbonyl (C=O) groups is 1. The molecule has 2 aliphatic heterocycles. The van der Waals surface area contributed by atoms with Gasteiger partial charge in [0, 0.05) is 45.3 Å². The standard InChI is InChI=1S/C21H32N4O2/c26-21(25-12-10-23(11-13-25)18-6-2-1-3-7-18)22-19-8-4-5-9-20(19)24-14-16-27-17-15-24/h4-5,8-9,18H,1-3,6-7,10-17H2,(H,22,26). The molecule has 6 nitrogen and oxygen atoms in total. The van der Waals surface area contributed by atoms with Crippen molar-refractivity contribution in [1.82, 2.24) is 9.80 Å². The Morgan fingerprint density at radius 1 is 0.926 bits per heavy atom. The molecule has 0 radical (unpaired) electrons. The van der Waals surface area contributed by atoms with Gasteiger partial charge in [-0.1, -0.05) is 31.4 Å². The number of ether oxygens (including phenoxy) is 1. The fourth-order valence-corrected chi connectivity index (χ4v) is 4.59. The van der Waals surface area contributed by atoms with Crippen LogP contribution < -0.4 is 10.2 Å². The van der Waals surface area contributed by atoms with E-state index in [0.29, 0.717) is 0 Å². The van der Waals surface area contributed by atoms with E-state index in [-0.39, 0.29) is 6.03 Å². The first-order valence-corrected chi connectivity index (χ1v) is 10.5. The minimum absolute atomic E-state index is 0.0269. The van der Waals surface area contributed by atoms with Gasteiger partial charge in [-0.2, -0.15) is 0 Å². The molecule has 1 N–H and O–H groups in total. The van der Waals surface area contributed by atoms with Crippen molar-refractivity contribution in [3.63, 3.8) is 0 Å². The quantitative estimate of drug-likeness (QED) is 0.886. The van der Waals surface area contributed by atoms with Gasteiger partial charge in [-0.05, 0) is 25.0 Å². The lowest BCUT2D eigenvalue weighted by Gasteiger charge is -2.40. The maximum atomic E-state index is 12.8. The van der Waals surface area contributed by atoms with Crippen molar-refractivity contribution < 1.29 is 9.53 Å². The molecule has 2 amide bonds. The van der Waals surface area contributed by atoms with E-state index >= 15 is 0 Å². The second-order valence-electron chi connectivity index (χ2n) is 7.86. The van der Waals surface area contributed by atoms with Gasteiger partial charge < -0.3 is 19.9 Å². The summed E-state index contributed by atoms with van der Waals surface area (Å²) in [5, 5.41) is 3.16. The minimum Gasteiger partial charge on any atom is -0.378 e. The number of piperazine rings is 1. The zero-order valence-corrected chi connectivity index (χ0v) is 16.2. The Bertz CT molecular complexity index is 618. The van der Waals surface area contributed by atoms with Gasteiger partial charge in [-0.3, -0.25) is 4.90 Å². The van der Waals surface area contributed by atoms with Crippen LogP contribution in [0, 0.1) is 0 Å². The average Bonchev–Trinajstić information content (AvgIpc) is 2.75. The average molecular weight is 373 g/mol. The van der Waals surface area contributed by atoms with Crippen molar-refractivity contribution in [2.75, 3.05) is 62.7 Å². The van der Waals surface area contributed by atoms with E-state index in [2.05, 4.69) is 21.2 Å². The summed E-state index contributed by atoms with van der Waals surface area (Å²) >= 11 is 0. The van der Waals surface area contributed by atoms with Crippen LogP contribution in [-0.2, 0) is 4.74 Å². The molecule has 148 valence electrons. The molecule has 4 rings (SSSR count). The van der Waals surface area contributed by atoms with Crippen LogP contribution in [0.25, 0.3) is 0 Å². The number of hydrogen-bond acceptors (Lipinski definition) is 4. The number of nitrogens with one attached hydrogen (secondary N) is 1. The van der Waals surface area contributed by atoms with Gasteiger partial charge in [-0.15, -0.1) is 0 Å². The highest BCUT2D eigenvalue weighted by Gasteiger charge is 2.27. The summed E-state index contributed by atoms with van der Waals surface area (Å²) in [6, 6.07) is 8.87. The maximum Gasteiger partial charge on any atom is 0.321 e.